The third-order valence-corrected chi connectivity index (χ3v) is 2.40. The fourth-order valence-electron chi connectivity index (χ4n) is 1.44. The van der Waals surface area contributed by atoms with E-state index in [2.05, 4.69) is 10.1 Å². The molecule has 7 nitrogen and oxygen atoms in total. The first-order valence-corrected chi connectivity index (χ1v) is 5.09. The molecule has 0 aliphatic heterocycles. The zero-order chi connectivity index (χ0) is 13.3. The molecule has 0 unspecified atom stereocenters. The van der Waals surface area contributed by atoms with Gasteiger partial charge in [-0.05, 0) is 12.5 Å². The smallest absolute Gasteiger partial charge is 0.294 e. The molecule has 0 spiro atoms. The van der Waals surface area contributed by atoms with Gasteiger partial charge in [0.2, 0.25) is 11.6 Å². The standard InChI is InChI=1S/C11H9N3O4/c1-6-3-4-8(14(16)17)5-9(6)10-12-11(7(2)15)18-13-10/h3-5H,1-2H3. The highest BCUT2D eigenvalue weighted by molar-refractivity contribution is 5.89. The number of hydrogen-bond donors (Lipinski definition) is 0. The Balaban J connectivity index is 2.51. The van der Waals surface area contributed by atoms with Gasteiger partial charge in [-0.3, -0.25) is 14.9 Å². The molecule has 1 aromatic carbocycles. The molecule has 7 heteroatoms. The van der Waals surface area contributed by atoms with E-state index in [1.807, 2.05) is 0 Å². The van der Waals surface area contributed by atoms with Crippen LogP contribution in [0.5, 0.6) is 0 Å². The lowest BCUT2D eigenvalue weighted by Gasteiger charge is -1.99. The predicted octanol–water partition coefficient (Wildman–Crippen LogP) is 2.16. The number of aromatic nitrogens is 2. The molecule has 18 heavy (non-hydrogen) atoms. The summed E-state index contributed by atoms with van der Waals surface area (Å²) < 4.78 is 4.76. The van der Waals surface area contributed by atoms with Gasteiger partial charge in [0.25, 0.3) is 11.6 Å². The van der Waals surface area contributed by atoms with E-state index in [0.717, 1.165) is 5.56 Å². The fraction of sp³-hybridized carbons (Fsp3) is 0.182. The van der Waals surface area contributed by atoms with E-state index < -0.39 is 4.92 Å². The van der Waals surface area contributed by atoms with Gasteiger partial charge in [-0.2, -0.15) is 4.98 Å². The molecule has 0 atom stereocenters. The zero-order valence-electron chi connectivity index (χ0n) is 9.71. The normalized spacial score (nSPS) is 10.3. The average molecular weight is 247 g/mol. The summed E-state index contributed by atoms with van der Waals surface area (Å²) in [6.45, 7) is 3.07. The van der Waals surface area contributed by atoms with Crippen LogP contribution in [-0.4, -0.2) is 20.8 Å². The van der Waals surface area contributed by atoms with Crippen LogP contribution in [-0.2, 0) is 0 Å². The highest BCUT2D eigenvalue weighted by Crippen LogP contribution is 2.25. The Morgan fingerprint density at radius 3 is 2.72 bits per heavy atom. The summed E-state index contributed by atoms with van der Waals surface area (Å²) in [7, 11) is 0. The van der Waals surface area contributed by atoms with E-state index >= 15 is 0 Å². The van der Waals surface area contributed by atoms with E-state index in [1.54, 1.807) is 13.0 Å². The van der Waals surface area contributed by atoms with E-state index in [-0.39, 0.29) is 23.2 Å². The minimum absolute atomic E-state index is 0.0650. The molecule has 0 radical (unpaired) electrons. The molecule has 0 bridgehead atoms. The second-order valence-electron chi connectivity index (χ2n) is 3.74. The largest absolute Gasteiger partial charge is 0.330 e. The number of nitro groups is 1. The third kappa shape index (κ3) is 2.10. The van der Waals surface area contributed by atoms with Gasteiger partial charge in [0, 0.05) is 24.6 Å². The van der Waals surface area contributed by atoms with Crippen molar-refractivity contribution in [2.75, 3.05) is 0 Å². The van der Waals surface area contributed by atoms with Gasteiger partial charge in [0.05, 0.1) is 4.92 Å². The Labute approximate surface area is 102 Å². The van der Waals surface area contributed by atoms with Crippen LogP contribution in [0.4, 0.5) is 5.69 Å². The fourth-order valence-corrected chi connectivity index (χ4v) is 1.44. The molecule has 0 aliphatic rings. The van der Waals surface area contributed by atoms with E-state index in [0.29, 0.717) is 5.56 Å². The van der Waals surface area contributed by atoms with Crippen molar-refractivity contribution in [3.63, 3.8) is 0 Å². The van der Waals surface area contributed by atoms with Crippen LogP contribution in [0.1, 0.15) is 23.2 Å². The number of non-ortho nitro benzene ring substituents is 1. The molecule has 1 heterocycles. The maximum Gasteiger partial charge on any atom is 0.294 e. The third-order valence-electron chi connectivity index (χ3n) is 2.40. The number of nitro benzene ring substituents is 1. The number of ketones is 1. The van der Waals surface area contributed by atoms with Gasteiger partial charge in [-0.25, -0.2) is 0 Å². The Morgan fingerprint density at radius 2 is 2.17 bits per heavy atom. The molecule has 0 aliphatic carbocycles. The summed E-state index contributed by atoms with van der Waals surface area (Å²) in [6, 6.07) is 4.34. The molecular formula is C11H9N3O4. The second-order valence-corrected chi connectivity index (χ2v) is 3.74. The molecule has 0 saturated heterocycles. The minimum Gasteiger partial charge on any atom is -0.330 e. The van der Waals surface area contributed by atoms with Crippen molar-refractivity contribution in [2.45, 2.75) is 13.8 Å². The van der Waals surface area contributed by atoms with Gasteiger partial charge in [-0.15, -0.1) is 0 Å². The van der Waals surface area contributed by atoms with Crippen molar-refractivity contribution in [3.8, 4) is 11.4 Å². The van der Waals surface area contributed by atoms with Crippen LogP contribution >= 0.6 is 0 Å². The van der Waals surface area contributed by atoms with Crippen molar-refractivity contribution >= 4 is 11.5 Å². The lowest BCUT2D eigenvalue weighted by Crippen LogP contribution is -1.93. The lowest BCUT2D eigenvalue weighted by molar-refractivity contribution is -0.384. The van der Waals surface area contributed by atoms with E-state index in [9.17, 15) is 14.9 Å². The topological polar surface area (TPSA) is 99.1 Å². The second kappa shape index (κ2) is 4.36. The predicted molar refractivity (Wildman–Crippen MR) is 61.1 cm³/mol. The molecule has 0 N–H and O–H groups in total. The number of carbonyl (C=O) groups is 1. The summed E-state index contributed by atoms with van der Waals surface area (Å²) in [5, 5.41) is 14.3. The van der Waals surface area contributed by atoms with Gasteiger partial charge in [-0.1, -0.05) is 11.2 Å². The maximum atomic E-state index is 11.0. The van der Waals surface area contributed by atoms with Crippen molar-refractivity contribution in [1.82, 2.24) is 10.1 Å². The number of hydrogen-bond acceptors (Lipinski definition) is 6. The number of carbonyl (C=O) groups excluding carboxylic acids is 1. The quantitative estimate of drug-likeness (QED) is 0.468. The first-order valence-electron chi connectivity index (χ1n) is 5.09. The summed E-state index contributed by atoms with van der Waals surface area (Å²) in [4.78, 5) is 25.1. The first-order chi connectivity index (χ1) is 8.49. The van der Waals surface area contributed by atoms with Crippen molar-refractivity contribution in [3.05, 3.63) is 39.8 Å². The summed E-state index contributed by atoms with van der Waals surface area (Å²) in [5.74, 6) is -0.297. The Morgan fingerprint density at radius 1 is 1.44 bits per heavy atom. The van der Waals surface area contributed by atoms with Crippen molar-refractivity contribution in [1.29, 1.82) is 0 Å². The van der Waals surface area contributed by atoms with E-state index in [1.165, 1.54) is 19.1 Å². The van der Waals surface area contributed by atoms with Gasteiger partial charge >= 0.3 is 0 Å². The number of rotatable bonds is 3. The molecule has 2 aromatic rings. The SMILES string of the molecule is CC(=O)c1nc(-c2cc([N+](=O)[O-])ccc2C)no1. The summed E-state index contributed by atoms with van der Waals surface area (Å²) >= 11 is 0. The summed E-state index contributed by atoms with van der Waals surface area (Å²) in [6.07, 6.45) is 0. The van der Waals surface area contributed by atoms with Crippen LogP contribution in [0.3, 0.4) is 0 Å². The highest BCUT2D eigenvalue weighted by Gasteiger charge is 2.16. The molecule has 0 saturated carbocycles. The first kappa shape index (κ1) is 11.9. The molecule has 0 amide bonds. The van der Waals surface area contributed by atoms with Gasteiger partial charge in [0.15, 0.2) is 0 Å². The monoisotopic (exact) mass is 247 g/mol. The number of nitrogens with zero attached hydrogens (tertiary/aromatic N) is 3. The van der Waals surface area contributed by atoms with Crippen LogP contribution in [0.25, 0.3) is 11.4 Å². The Bertz CT molecular complexity index is 633. The number of Topliss-reactive ketones (excluding diaryl/α,β-unsaturated/α-hetero) is 1. The van der Waals surface area contributed by atoms with Crippen LogP contribution in [0.2, 0.25) is 0 Å². The molecule has 92 valence electrons. The zero-order valence-corrected chi connectivity index (χ0v) is 9.71. The molecule has 0 fully saturated rings. The molecule has 2 rings (SSSR count). The highest BCUT2D eigenvalue weighted by atomic mass is 16.6. The molecular weight excluding hydrogens is 238 g/mol. The van der Waals surface area contributed by atoms with Crippen LogP contribution in [0.15, 0.2) is 22.7 Å². The van der Waals surface area contributed by atoms with Crippen molar-refractivity contribution < 1.29 is 14.2 Å². The lowest BCUT2D eigenvalue weighted by atomic mass is 10.1. The average Bonchev–Trinajstić information content (AvgIpc) is 2.78. The number of benzene rings is 1. The Hall–Kier alpha value is -2.57. The van der Waals surface area contributed by atoms with E-state index in [4.69, 9.17) is 4.52 Å². The van der Waals surface area contributed by atoms with Gasteiger partial charge in [0.1, 0.15) is 0 Å². The molecule has 1 aromatic heterocycles. The van der Waals surface area contributed by atoms with Crippen molar-refractivity contribution in [2.24, 2.45) is 0 Å². The number of aryl methyl sites for hydroxylation is 1. The summed E-state index contributed by atoms with van der Waals surface area (Å²) in [5.41, 5.74) is 1.17. The van der Waals surface area contributed by atoms with Crippen LogP contribution in [0, 0.1) is 17.0 Å². The minimum atomic E-state index is -0.505. The van der Waals surface area contributed by atoms with Crippen LogP contribution < -0.4 is 0 Å². The maximum absolute atomic E-state index is 11.0. The van der Waals surface area contributed by atoms with Gasteiger partial charge < -0.3 is 4.52 Å². The Kier molecular flexibility index (Phi) is 2.88.